The molecule has 36 heavy (non-hydrogen) atoms. The molecule has 7 nitrogen and oxygen atoms in total. The summed E-state index contributed by atoms with van der Waals surface area (Å²) in [5.41, 5.74) is 6.13. The maximum atomic E-state index is 13.5. The average molecular weight is 480 g/mol. The number of fused-ring (bicyclic) bond motifs is 1. The first-order valence-corrected chi connectivity index (χ1v) is 12.3. The van der Waals surface area contributed by atoms with Gasteiger partial charge in [0.15, 0.2) is 5.78 Å². The lowest BCUT2D eigenvalue weighted by Gasteiger charge is -2.13. The summed E-state index contributed by atoms with van der Waals surface area (Å²) >= 11 is 0. The summed E-state index contributed by atoms with van der Waals surface area (Å²) in [6.45, 7) is 0.00946. The lowest BCUT2D eigenvalue weighted by atomic mass is 10.1. The highest BCUT2D eigenvalue weighted by molar-refractivity contribution is 5.79. The van der Waals surface area contributed by atoms with Crippen LogP contribution in [0.25, 0.3) is 17.3 Å². The van der Waals surface area contributed by atoms with Crippen molar-refractivity contribution in [1.29, 1.82) is 0 Å². The van der Waals surface area contributed by atoms with Crippen molar-refractivity contribution < 1.29 is 4.79 Å². The minimum absolute atomic E-state index is 0.000263. The molecule has 1 aliphatic rings. The van der Waals surface area contributed by atoms with E-state index in [-0.39, 0.29) is 17.9 Å². The number of aromatic nitrogens is 5. The summed E-state index contributed by atoms with van der Waals surface area (Å²) in [7, 11) is 1.82. The van der Waals surface area contributed by atoms with Crippen LogP contribution in [0.5, 0.6) is 0 Å². The maximum Gasteiger partial charge on any atom is 0.273 e. The highest BCUT2D eigenvalue weighted by Crippen LogP contribution is 2.20. The number of carbonyl (C=O) groups is 1. The van der Waals surface area contributed by atoms with Crippen molar-refractivity contribution in [2.24, 2.45) is 7.05 Å². The van der Waals surface area contributed by atoms with Gasteiger partial charge in [-0.2, -0.15) is 5.10 Å². The number of aryl methyl sites for hydroxylation is 4. The van der Waals surface area contributed by atoms with Gasteiger partial charge in [-0.25, -0.2) is 0 Å². The van der Waals surface area contributed by atoms with Crippen LogP contribution < -0.4 is 5.56 Å². The van der Waals surface area contributed by atoms with E-state index in [1.165, 1.54) is 5.56 Å². The minimum atomic E-state index is -0.206. The largest absolute Gasteiger partial charge is 0.298 e. The average Bonchev–Trinajstić information content (AvgIpc) is 3.54. The number of hydrogen-bond donors (Lipinski definition) is 0. The molecule has 0 saturated carbocycles. The van der Waals surface area contributed by atoms with Crippen molar-refractivity contribution in [2.45, 2.75) is 45.1 Å². The Morgan fingerprint density at radius 3 is 2.67 bits per heavy atom. The van der Waals surface area contributed by atoms with Crippen LogP contribution in [-0.4, -0.2) is 30.1 Å². The summed E-state index contributed by atoms with van der Waals surface area (Å²) in [6.07, 6.45) is 15.3. The van der Waals surface area contributed by atoms with Crippen LogP contribution in [0.2, 0.25) is 0 Å². The predicted molar refractivity (Wildman–Crippen MR) is 139 cm³/mol. The van der Waals surface area contributed by atoms with Crippen molar-refractivity contribution in [3.05, 3.63) is 106 Å². The fraction of sp³-hybridized carbons (Fsp3) is 0.276. The van der Waals surface area contributed by atoms with Crippen LogP contribution in [0.4, 0.5) is 0 Å². The van der Waals surface area contributed by atoms with Gasteiger partial charge in [-0.15, -0.1) is 0 Å². The molecular formula is C29H29N5O2. The number of Topliss-reactive ketones (excluding diaryl/α,β-unsaturated/α-hetero) is 1. The monoisotopic (exact) mass is 479 g/mol. The highest BCUT2D eigenvalue weighted by Gasteiger charge is 2.16. The molecule has 4 aromatic rings. The number of hydrogen-bond acceptors (Lipinski definition) is 5. The van der Waals surface area contributed by atoms with Crippen molar-refractivity contribution >= 4 is 11.9 Å². The van der Waals surface area contributed by atoms with Gasteiger partial charge in [0, 0.05) is 37.8 Å². The van der Waals surface area contributed by atoms with Crippen LogP contribution in [0.1, 0.15) is 40.9 Å². The summed E-state index contributed by atoms with van der Waals surface area (Å²) in [5.74, 6) is -0.000263. The van der Waals surface area contributed by atoms with Crippen molar-refractivity contribution in [3.63, 3.8) is 0 Å². The third-order valence-corrected chi connectivity index (χ3v) is 6.54. The molecule has 0 saturated heterocycles. The molecule has 0 atom stereocenters. The first kappa shape index (κ1) is 23.6. The van der Waals surface area contributed by atoms with E-state index in [9.17, 15) is 9.59 Å². The number of carbonyl (C=O) groups excluding carboxylic acids is 1. The SMILES string of the molecule is Cn1cc(-c2cnc(CCCc3ccccc3)c(=O)n2CC(=O)CCc2cnc3c(c2)C=CC3)cn1. The normalized spacial score (nSPS) is 12.1. The molecule has 1 aromatic carbocycles. The molecule has 3 heterocycles. The van der Waals surface area contributed by atoms with E-state index in [2.05, 4.69) is 45.4 Å². The van der Waals surface area contributed by atoms with Crippen LogP contribution in [0.3, 0.4) is 0 Å². The van der Waals surface area contributed by atoms with E-state index in [4.69, 9.17) is 0 Å². The Balaban J connectivity index is 1.32. The quantitative estimate of drug-likeness (QED) is 0.344. The molecule has 0 fully saturated rings. The minimum Gasteiger partial charge on any atom is -0.298 e. The molecule has 0 radical (unpaired) electrons. The summed E-state index contributed by atoms with van der Waals surface area (Å²) in [4.78, 5) is 35.5. The second-order valence-corrected chi connectivity index (χ2v) is 9.25. The Morgan fingerprint density at radius 1 is 1.00 bits per heavy atom. The standard InChI is InChI=1S/C29H29N5O2/c1-33-19-24(17-32-33)28-18-31-27(12-5-9-21-7-3-2-4-8-21)29(36)34(28)20-25(35)14-13-22-15-23-10-6-11-26(23)30-16-22/h2-4,6-8,10,15-19H,5,9,11-14,20H2,1H3. The molecule has 3 aromatic heterocycles. The molecule has 0 unspecified atom stereocenters. The van der Waals surface area contributed by atoms with E-state index >= 15 is 0 Å². The van der Waals surface area contributed by atoms with Crippen molar-refractivity contribution in [3.8, 4) is 11.3 Å². The number of benzene rings is 1. The fourth-order valence-electron chi connectivity index (χ4n) is 4.59. The first-order chi connectivity index (χ1) is 17.6. The lowest BCUT2D eigenvalue weighted by molar-refractivity contribution is -0.119. The molecule has 182 valence electrons. The Labute approximate surface area is 210 Å². The van der Waals surface area contributed by atoms with Gasteiger partial charge in [0.2, 0.25) is 0 Å². The van der Waals surface area contributed by atoms with Gasteiger partial charge < -0.3 is 0 Å². The smallest absolute Gasteiger partial charge is 0.273 e. The Hall–Kier alpha value is -4.13. The second kappa shape index (κ2) is 10.6. The third-order valence-electron chi connectivity index (χ3n) is 6.54. The van der Waals surface area contributed by atoms with Gasteiger partial charge in [-0.1, -0.05) is 42.5 Å². The van der Waals surface area contributed by atoms with Gasteiger partial charge in [0.05, 0.1) is 30.3 Å². The zero-order valence-electron chi connectivity index (χ0n) is 20.4. The van der Waals surface area contributed by atoms with Gasteiger partial charge in [0.25, 0.3) is 5.56 Å². The molecule has 0 amide bonds. The maximum absolute atomic E-state index is 13.5. The Kier molecular flexibility index (Phi) is 6.98. The number of rotatable bonds is 10. The molecule has 0 N–H and O–H groups in total. The van der Waals surface area contributed by atoms with Crippen LogP contribution in [0, 0.1) is 0 Å². The highest BCUT2D eigenvalue weighted by atomic mass is 16.1. The number of nitrogens with zero attached hydrogens (tertiary/aromatic N) is 5. The summed E-state index contributed by atoms with van der Waals surface area (Å²) in [6, 6.07) is 12.3. The van der Waals surface area contributed by atoms with Gasteiger partial charge in [-0.05, 0) is 48.4 Å². The molecule has 7 heteroatoms. The molecular weight excluding hydrogens is 450 g/mol. The number of pyridine rings is 1. The van der Waals surface area contributed by atoms with Gasteiger partial charge in [-0.3, -0.25) is 28.8 Å². The number of allylic oxidation sites excluding steroid dienone is 1. The fourth-order valence-corrected chi connectivity index (χ4v) is 4.59. The predicted octanol–water partition coefficient (Wildman–Crippen LogP) is 3.99. The Morgan fingerprint density at radius 2 is 1.86 bits per heavy atom. The lowest BCUT2D eigenvalue weighted by Crippen LogP contribution is -2.29. The molecule has 0 aliphatic heterocycles. The van der Waals surface area contributed by atoms with Crippen molar-refractivity contribution in [2.75, 3.05) is 0 Å². The topological polar surface area (TPSA) is 82.7 Å². The zero-order valence-corrected chi connectivity index (χ0v) is 20.4. The Bertz CT molecular complexity index is 1470. The van der Waals surface area contributed by atoms with Gasteiger partial charge in [0.1, 0.15) is 5.69 Å². The molecule has 0 spiro atoms. The van der Waals surface area contributed by atoms with E-state index in [1.54, 1.807) is 21.6 Å². The third kappa shape index (κ3) is 5.40. The van der Waals surface area contributed by atoms with Crippen LogP contribution in [0.15, 0.2) is 72.1 Å². The van der Waals surface area contributed by atoms with Crippen LogP contribution in [-0.2, 0) is 44.1 Å². The number of ketones is 1. The summed E-state index contributed by atoms with van der Waals surface area (Å²) in [5, 5.41) is 4.23. The molecule has 5 rings (SSSR count). The molecule has 0 bridgehead atoms. The van der Waals surface area contributed by atoms with Crippen LogP contribution >= 0.6 is 0 Å². The summed E-state index contributed by atoms with van der Waals surface area (Å²) < 4.78 is 3.24. The van der Waals surface area contributed by atoms with Gasteiger partial charge >= 0.3 is 0 Å². The van der Waals surface area contributed by atoms with E-state index in [0.717, 1.165) is 41.6 Å². The first-order valence-electron chi connectivity index (χ1n) is 12.3. The van der Waals surface area contributed by atoms with E-state index in [1.807, 2.05) is 37.6 Å². The second-order valence-electron chi connectivity index (χ2n) is 9.25. The van der Waals surface area contributed by atoms with E-state index < -0.39 is 0 Å². The zero-order chi connectivity index (χ0) is 24.9. The van der Waals surface area contributed by atoms with E-state index in [0.29, 0.717) is 30.7 Å². The molecule has 1 aliphatic carbocycles. The van der Waals surface area contributed by atoms with Crippen molar-refractivity contribution in [1.82, 2.24) is 24.3 Å².